The second-order valence-corrected chi connectivity index (χ2v) is 20.5. The first kappa shape index (κ1) is 64.4. The van der Waals surface area contributed by atoms with E-state index in [1.807, 2.05) is 76.2 Å². The van der Waals surface area contributed by atoms with Gasteiger partial charge in [0.25, 0.3) is 0 Å². The van der Waals surface area contributed by atoms with Crippen LogP contribution in [0.4, 0.5) is 0 Å². The molecule has 0 saturated carbocycles. The molecule has 0 bridgehead atoms. The van der Waals surface area contributed by atoms with Crippen LogP contribution in [0, 0.1) is 27.7 Å². The van der Waals surface area contributed by atoms with Gasteiger partial charge < -0.3 is 39.4 Å². The summed E-state index contributed by atoms with van der Waals surface area (Å²) in [6.45, 7) is 35.4. The first-order valence-corrected chi connectivity index (χ1v) is 21.6. The molecule has 0 fully saturated rings. The van der Waals surface area contributed by atoms with Crippen LogP contribution in [0.5, 0.6) is 23.0 Å². The van der Waals surface area contributed by atoms with Gasteiger partial charge in [-0.1, -0.05) is 176 Å². The van der Waals surface area contributed by atoms with Crippen LogP contribution in [0.3, 0.4) is 0 Å². The van der Waals surface area contributed by atoms with Crippen LogP contribution >= 0.6 is 0 Å². The maximum atomic E-state index is 12.9. The van der Waals surface area contributed by atoms with Crippen LogP contribution in [-0.2, 0) is 75.2 Å². The minimum Gasteiger partial charge on any atom is -0.872 e. The van der Waals surface area contributed by atoms with Gasteiger partial charge in [0.2, 0.25) is 0 Å². The van der Waals surface area contributed by atoms with E-state index in [0.717, 1.165) is 44.5 Å². The second-order valence-electron chi connectivity index (χ2n) is 20.5. The Hall–Kier alpha value is -1.73. The van der Waals surface area contributed by atoms with E-state index in [2.05, 4.69) is 102 Å². The van der Waals surface area contributed by atoms with Gasteiger partial charge in [-0.25, -0.2) is 0 Å². The van der Waals surface area contributed by atoms with Crippen LogP contribution < -0.4 is 71.8 Å². The molecule has 64 heavy (non-hydrogen) atoms. The summed E-state index contributed by atoms with van der Waals surface area (Å²) in [6, 6.07) is 15.6. The summed E-state index contributed by atoms with van der Waals surface area (Å²) in [7, 11) is 6.61. The summed E-state index contributed by atoms with van der Waals surface area (Å²) in [5, 5.41) is 51.8. The molecular formula is C54H80KO8Ti. The maximum Gasteiger partial charge on any atom is 3.00 e. The normalized spacial score (nSPS) is 11.4. The number of aryl methyl sites for hydroxylation is 4. The van der Waals surface area contributed by atoms with Gasteiger partial charge in [-0.3, -0.25) is 0 Å². The van der Waals surface area contributed by atoms with E-state index in [1.54, 1.807) is 28.4 Å². The van der Waals surface area contributed by atoms with Crippen LogP contribution in [-0.4, -0.2) is 54.9 Å². The maximum absolute atomic E-state index is 12.9. The SMILES string of the molecule is COCCOC.COCCOC.Cc1cc(Cc2cc(C)cc(C(C)(C)C)c2[O-])c([O-])c(C(C)(C)C)c1.Cc1cc(Cc2cc(C)cc(C(C)(C)C)c2[O-])c([O-])c(C(C)(C)C)c1.[K+].[Ti+3]. The molecule has 0 aliphatic carbocycles. The Morgan fingerprint density at radius 2 is 0.500 bits per heavy atom. The molecule has 0 saturated heterocycles. The smallest absolute Gasteiger partial charge is 0.872 e. The molecule has 0 N–H and O–H groups in total. The van der Waals surface area contributed by atoms with E-state index in [1.165, 1.54) is 0 Å². The first-order chi connectivity index (χ1) is 28.4. The topological polar surface area (TPSA) is 129 Å². The van der Waals surface area contributed by atoms with E-state index < -0.39 is 0 Å². The fourth-order valence-electron chi connectivity index (χ4n) is 6.89. The molecule has 8 nitrogen and oxygen atoms in total. The third kappa shape index (κ3) is 21.1. The number of ether oxygens (including phenoxy) is 4. The molecule has 1 radical (unpaired) electrons. The third-order valence-electron chi connectivity index (χ3n) is 10.2. The summed E-state index contributed by atoms with van der Waals surface area (Å²) in [5.74, 6) is 0.264. The van der Waals surface area contributed by atoms with Crippen molar-refractivity contribution < 1.29 is 112 Å². The summed E-state index contributed by atoms with van der Waals surface area (Å²) >= 11 is 0. The zero-order valence-electron chi connectivity index (χ0n) is 43.6. The summed E-state index contributed by atoms with van der Waals surface area (Å²) in [4.78, 5) is 0. The molecule has 0 aliphatic rings. The number of methoxy groups -OCH3 is 4. The van der Waals surface area contributed by atoms with Gasteiger partial charge >= 0.3 is 73.1 Å². The minimum atomic E-state index is -0.207. The Kier molecular flexibility index (Phi) is 28.7. The van der Waals surface area contributed by atoms with Crippen molar-refractivity contribution >= 4 is 0 Å². The largest absolute Gasteiger partial charge is 3.00 e. The van der Waals surface area contributed by atoms with Gasteiger partial charge in [0.15, 0.2) is 0 Å². The average Bonchev–Trinajstić information content (AvgIpc) is 3.14. The van der Waals surface area contributed by atoms with E-state index >= 15 is 0 Å². The summed E-state index contributed by atoms with van der Waals surface area (Å²) in [6.07, 6.45) is 0.792. The molecule has 0 amide bonds. The molecule has 4 aromatic carbocycles. The van der Waals surface area contributed by atoms with Gasteiger partial charge in [-0.05, 0) is 84.5 Å². The van der Waals surface area contributed by atoms with Gasteiger partial charge in [0, 0.05) is 28.4 Å². The Bertz CT molecular complexity index is 1730. The van der Waals surface area contributed by atoms with Crippen LogP contribution in [0.15, 0.2) is 48.5 Å². The summed E-state index contributed by atoms with van der Waals surface area (Å²) < 4.78 is 18.6. The Morgan fingerprint density at radius 3 is 0.625 bits per heavy atom. The van der Waals surface area contributed by atoms with Crippen LogP contribution in [0.2, 0.25) is 0 Å². The molecular weight excluding hydrogens is 864 g/mol. The molecule has 4 aromatic rings. The van der Waals surface area contributed by atoms with Crippen LogP contribution in [0.1, 0.15) is 150 Å². The van der Waals surface area contributed by atoms with Crippen molar-refractivity contribution in [3.63, 3.8) is 0 Å². The first-order valence-electron chi connectivity index (χ1n) is 21.6. The fraction of sp³-hybridized carbons (Fsp3) is 0.556. The third-order valence-corrected chi connectivity index (χ3v) is 10.2. The number of rotatable bonds is 10. The summed E-state index contributed by atoms with van der Waals surface area (Å²) in [5.41, 5.74) is 9.57. The predicted octanol–water partition coefficient (Wildman–Crippen LogP) is 6.83. The van der Waals surface area contributed by atoms with E-state index in [4.69, 9.17) is 0 Å². The van der Waals surface area contributed by atoms with Crippen molar-refractivity contribution in [1.82, 2.24) is 0 Å². The van der Waals surface area contributed by atoms with E-state index in [-0.39, 0.29) is 118 Å². The zero-order valence-corrected chi connectivity index (χ0v) is 48.3. The molecule has 0 heterocycles. The minimum absolute atomic E-state index is 0. The number of hydrogen-bond acceptors (Lipinski definition) is 8. The molecule has 0 spiro atoms. The van der Waals surface area contributed by atoms with Crippen molar-refractivity contribution in [3.05, 3.63) is 115 Å². The van der Waals surface area contributed by atoms with Gasteiger partial charge in [0.1, 0.15) is 0 Å². The van der Waals surface area contributed by atoms with Gasteiger partial charge in [-0.2, -0.15) is 0 Å². The molecule has 349 valence electrons. The van der Waals surface area contributed by atoms with E-state index in [0.29, 0.717) is 61.5 Å². The molecule has 0 aromatic heterocycles. The standard InChI is InChI=1S/2C23H32O2.2C4H10O2.K.Ti/c2*1-14-9-16(20(24)18(11-14)22(3,4)5)13-17-10-15(2)12-19(21(17)25)23(6,7)8;2*1-5-3-4-6-2;;/h2*9-12,24-25H,13H2,1-8H3;2*3-4H2,1-2H3;;/q;;;;+1;+3/p-4. The Labute approximate surface area is 446 Å². The molecule has 4 rings (SSSR count). The van der Waals surface area contributed by atoms with Gasteiger partial charge in [-0.15, -0.1) is 23.0 Å². The van der Waals surface area contributed by atoms with Crippen molar-refractivity contribution in [1.29, 1.82) is 0 Å². The molecule has 0 atom stereocenters. The molecule has 0 aliphatic heterocycles. The molecule has 0 unspecified atom stereocenters. The Balaban J connectivity index is 0. The second kappa shape index (κ2) is 28.6. The van der Waals surface area contributed by atoms with Crippen LogP contribution in [0.25, 0.3) is 0 Å². The average molecular weight is 944 g/mol. The van der Waals surface area contributed by atoms with Crippen molar-refractivity contribution in [2.45, 2.75) is 145 Å². The fourth-order valence-corrected chi connectivity index (χ4v) is 6.89. The number of benzene rings is 4. The predicted molar refractivity (Wildman–Crippen MR) is 250 cm³/mol. The Morgan fingerprint density at radius 1 is 0.344 bits per heavy atom. The van der Waals surface area contributed by atoms with Crippen molar-refractivity contribution in [2.24, 2.45) is 0 Å². The monoisotopic (exact) mass is 943 g/mol. The van der Waals surface area contributed by atoms with Crippen molar-refractivity contribution in [2.75, 3.05) is 54.9 Å². The van der Waals surface area contributed by atoms with Crippen molar-refractivity contribution in [3.8, 4) is 23.0 Å². The van der Waals surface area contributed by atoms with Gasteiger partial charge in [0.05, 0.1) is 26.4 Å². The zero-order chi connectivity index (χ0) is 48.0. The van der Waals surface area contributed by atoms with E-state index in [9.17, 15) is 20.4 Å². The quantitative estimate of drug-likeness (QED) is 0.125. The molecule has 10 heteroatoms. The number of hydrogen-bond donors (Lipinski definition) is 0.